The first-order valence-corrected chi connectivity index (χ1v) is 7.52. The van der Waals surface area contributed by atoms with E-state index in [1.807, 2.05) is 4.90 Å². The van der Waals surface area contributed by atoms with Gasteiger partial charge in [-0.15, -0.1) is 0 Å². The number of amides is 2. The Morgan fingerprint density at radius 3 is 2.50 bits per heavy atom. The lowest BCUT2D eigenvalue weighted by Gasteiger charge is -2.26. The van der Waals surface area contributed by atoms with E-state index >= 15 is 0 Å². The van der Waals surface area contributed by atoms with Crippen molar-refractivity contribution >= 4 is 6.03 Å². The van der Waals surface area contributed by atoms with Crippen LogP contribution >= 0.6 is 0 Å². The van der Waals surface area contributed by atoms with Crippen LogP contribution in [-0.2, 0) is 4.74 Å². The summed E-state index contributed by atoms with van der Waals surface area (Å²) in [6.07, 6.45) is 10.4. The lowest BCUT2D eigenvalue weighted by Crippen LogP contribution is -2.44. The van der Waals surface area contributed by atoms with Crippen molar-refractivity contribution in [1.29, 1.82) is 0 Å². The number of ether oxygens (including phenoxy) is 1. The summed E-state index contributed by atoms with van der Waals surface area (Å²) in [5.41, 5.74) is 0. The third-order valence-electron chi connectivity index (χ3n) is 4.27. The largest absolute Gasteiger partial charge is 0.373 e. The first-order valence-electron chi connectivity index (χ1n) is 7.52. The molecule has 1 saturated heterocycles. The maximum atomic E-state index is 12.1. The number of nitrogens with one attached hydrogen (secondary N) is 1. The molecule has 1 atom stereocenters. The van der Waals surface area contributed by atoms with Gasteiger partial charge >= 0.3 is 6.03 Å². The summed E-state index contributed by atoms with van der Waals surface area (Å²) in [4.78, 5) is 14.1. The van der Waals surface area contributed by atoms with Gasteiger partial charge in [0.05, 0.1) is 12.2 Å². The molecule has 1 aliphatic heterocycles. The normalized spacial score (nSPS) is 29.6. The summed E-state index contributed by atoms with van der Waals surface area (Å²) in [6.45, 7) is 1.64. The fraction of sp³-hybridized carbons (Fsp3) is 0.929. The lowest BCUT2D eigenvalue weighted by atomic mass is 9.96. The van der Waals surface area contributed by atoms with E-state index in [1.54, 1.807) is 0 Å². The molecule has 3 aliphatic rings. The fourth-order valence-electron chi connectivity index (χ4n) is 3.01. The van der Waals surface area contributed by atoms with Crippen LogP contribution in [0.5, 0.6) is 0 Å². The summed E-state index contributed by atoms with van der Waals surface area (Å²) < 4.78 is 5.87. The lowest BCUT2D eigenvalue weighted by molar-refractivity contribution is 0.0479. The van der Waals surface area contributed by atoms with Crippen LogP contribution in [-0.4, -0.2) is 42.3 Å². The van der Waals surface area contributed by atoms with E-state index in [0.717, 1.165) is 32.4 Å². The topological polar surface area (TPSA) is 41.6 Å². The Hall–Kier alpha value is -0.770. The van der Waals surface area contributed by atoms with E-state index in [0.29, 0.717) is 12.1 Å². The molecule has 3 fully saturated rings. The van der Waals surface area contributed by atoms with Gasteiger partial charge in [0.25, 0.3) is 0 Å². The molecular weight excluding hydrogens is 228 g/mol. The fourth-order valence-corrected chi connectivity index (χ4v) is 3.01. The SMILES string of the molecule is O=C(NC1CCCCC1)N1CCC(OC2CC2)C1. The van der Waals surface area contributed by atoms with Crippen molar-refractivity contribution in [1.82, 2.24) is 10.2 Å². The molecule has 4 nitrogen and oxygen atoms in total. The van der Waals surface area contributed by atoms with Crippen molar-refractivity contribution in [3.63, 3.8) is 0 Å². The quantitative estimate of drug-likeness (QED) is 0.837. The minimum absolute atomic E-state index is 0.129. The molecule has 18 heavy (non-hydrogen) atoms. The number of hydrogen-bond acceptors (Lipinski definition) is 2. The van der Waals surface area contributed by atoms with Crippen LogP contribution in [0, 0.1) is 0 Å². The highest BCUT2D eigenvalue weighted by Gasteiger charge is 2.32. The van der Waals surface area contributed by atoms with Crippen molar-refractivity contribution in [2.45, 2.75) is 69.6 Å². The van der Waals surface area contributed by atoms with Crippen LogP contribution in [0.4, 0.5) is 4.79 Å². The predicted molar refractivity (Wildman–Crippen MR) is 69.5 cm³/mol. The number of carbonyl (C=O) groups is 1. The van der Waals surface area contributed by atoms with E-state index in [4.69, 9.17) is 4.74 Å². The molecule has 0 aromatic rings. The molecule has 0 aromatic carbocycles. The number of hydrogen-bond donors (Lipinski definition) is 1. The Morgan fingerprint density at radius 2 is 1.78 bits per heavy atom. The van der Waals surface area contributed by atoms with Gasteiger partial charge in [-0.25, -0.2) is 4.79 Å². The summed E-state index contributed by atoms with van der Waals surface area (Å²) >= 11 is 0. The first-order chi connectivity index (χ1) is 8.81. The van der Waals surface area contributed by atoms with Gasteiger partial charge in [0.2, 0.25) is 0 Å². The molecule has 2 amide bonds. The van der Waals surface area contributed by atoms with E-state index in [9.17, 15) is 4.79 Å². The summed E-state index contributed by atoms with van der Waals surface area (Å²) in [6, 6.07) is 0.540. The van der Waals surface area contributed by atoms with Gasteiger partial charge in [0.1, 0.15) is 0 Å². The van der Waals surface area contributed by atoms with Gasteiger partial charge in [-0.3, -0.25) is 0 Å². The third kappa shape index (κ3) is 3.16. The Kier molecular flexibility index (Phi) is 3.73. The van der Waals surface area contributed by atoms with Crippen LogP contribution in [0.1, 0.15) is 51.4 Å². The van der Waals surface area contributed by atoms with Gasteiger partial charge < -0.3 is 15.0 Å². The molecule has 3 rings (SSSR count). The second kappa shape index (κ2) is 5.47. The standard InChI is InChI=1S/C14H24N2O2/c17-14(15-11-4-2-1-3-5-11)16-9-8-13(10-16)18-12-6-7-12/h11-13H,1-10H2,(H,15,17). The highest BCUT2D eigenvalue weighted by molar-refractivity contribution is 5.74. The van der Waals surface area contributed by atoms with E-state index in [-0.39, 0.29) is 12.1 Å². The van der Waals surface area contributed by atoms with Gasteiger partial charge in [0.15, 0.2) is 0 Å². The Morgan fingerprint density at radius 1 is 1.00 bits per heavy atom. The molecule has 1 heterocycles. The predicted octanol–water partition coefficient (Wildman–Crippen LogP) is 2.28. The molecular formula is C14H24N2O2. The highest BCUT2D eigenvalue weighted by Crippen LogP contribution is 2.28. The smallest absolute Gasteiger partial charge is 0.317 e. The van der Waals surface area contributed by atoms with Crippen LogP contribution < -0.4 is 5.32 Å². The molecule has 2 aliphatic carbocycles. The Bertz CT molecular complexity index is 298. The molecule has 0 aromatic heterocycles. The van der Waals surface area contributed by atoms with Gasteiger partial charge in [-0.2, -0.15) is 0 Å². The molecule has 0 bridgehead atoms. The summed E-state index contributed by atoms with van der Waals surface area (Å²) in [5.74, 6) is 0. The summed E-state index contributed by atoms with van der Waals surface area (Å²) in [7, 11) is 0. The van der Waals surface area contributed by atoms with Crippen LogP contribution in [0.2, 0.25) is 0 Å². The first kappa shape index (κ1) is 12.3. The second-order valence-corrected chi connectivity index (χ2v) is 5.98. The van der Waals surface area contributed by atoms with Crippen LogP contribution in [0.15, 0.2) is 0 Å². The van der Waals surface area contributed by atoms with E-state index in [2.05, 4.69) is 5.32 Å². The van der Waals surface area contributed by atoms with Crippen molar-refractivity contribution in [2.24, 2.45) is 0 Å². The molecule has 1 N–H and O–H groups in total. The van der Waals surface area contributed by atoms with Crippen molar-refractivity contribution in [3.05, 3.63) is 0 Å². The maximum Gasteiger partial charge on any atom is 0.317 e. The minimum atomic E-state index is 0.129. The Labute approximate surface area is 109 Å². The number of nitrogens with zero attached hydrogens (tertiary/aromatic N) is 1. The maximum absolute atomic E-state index is 12.1. The van der Waals surface area contributed by atoms with Crippen LogP contribution in [0.3, 0.4) is 0 Å². The molecule has 1 unspecified atom stereocenters. The van der Waals surface area contributed by atoms with Crippen molar-refractivity contribution in [2.75, 3.05) is 13.1 Å². The zero-order valence-electron chi connectivity index (χ0n) is 11.1. The Balaban J connectivity index is 1.41. The van der Waals surface area contributed by atoms with Gasteiger partial charge in [-0.1, -0.05) is 19.3 Å². The minimum Gasteiger partial charge on any atom is -0.373 e. The molecule has 0 spiro atoms. The van der Waals surface area contributed by atoms with E-state index < -0.39 is 0 Å². The molecule has 4 heteroatoms. The zero-order valence-corrected chi connectivity index (χ0v) is 11.1. The zero-order chi connectivity index (χ0) is 12.4. The molecule has 2 saturated carbocycles. The number of likely N-dealkylation sites (tertiary alicyclic amines) is 1. The van der Waals surface area contributed by atoms with Crippen molar-refractivity contribution in [3.8, 4) is 0 Å². The third-order valence-corrected chi connectivity index (χ3v) is 4.27. The average Bonchev–Trinajstić information content (AvgIpc) is 3.06. The van der Waals surface area contributed by atoms with Crippen LogP contribution in [0.25, 0.3) is 0 Å². The average molecular weight is 252 g/mol. The van der Waals surface area contributed by atoms with Gasteiger partial charge in [0, 0.05) is 19.1 Å². The number of carbonyl (C=O) groups excluding carboxylic acids is 1. The monoisotopic (exact) mass is 252 g/mol. The number of urea groups is 1. The molecule has 0 radical (unpaired) electrons. The highest BCUT2D eigenvalue weighted by atomic mass is 16.5. The summed E-state index contributed by atoms with van der Waals surface area (Å²) in [5, 5.41) is 3.18. The van der Waals surface area contributed by atoms with Crippen molar-refractivity contribution < 1.29 is 9.53 Å². The molecule has 102 valence electrons. The van der Waals surface area contributed by atoms with Gasteiger partial charge in [-0.05, 0) is 32.1 Å². The van der Waals surface area contributed by atoms with E-state index in [1.165, 1.54) is 32.1 Å². The number of rotatable bonds is 3. The second-order valence-electron chi connectivity index (χ2n) is 5.98.